The third-order valence-electron chi connectivity index (χ3n) is 2.91. The monoisotopic (exact) mass is 298 g/mol. The van der Waals surface area contributed by atoms with Crippen molar-refractivity contribution in [2.75, 3.05) is 0 Å². The maximum absolute atomic E-state index is 11.2. The molecule has 0 atom stereocenters. The lowest BCUT2D eigenvalue weighted by atomic mass is 10.1. The van der Waals surface area contributed by atoms with Gasteiger partial charge in [-0.25, -0.2) is 13.4 Å². The van der Waals surface area contributed by atoms with Gasteiger partial charge in [-0.1, -0.05) is 30.3 Å². The van der Waals surface area contributed by atoms with Gasteiger partial charge in [0.2, 0.25) is 0 Å². The number of nitrogens with zero attached hydrogens (tertiary/aromatic N) is 2. The zero-order valence-corrected chi connectivity index (χ0v) is 12.2. The Hall–Kier alpha value is -1.33. The van der Waals surface area contributed by atoms with Crippen molar-refractivity contribution in [3.8, 4) is 0 Å². The summed E-state index contributed by atoms with van der Waals surface area (Å²) in [5, 5.41) is -0.0774. The van der Waals surface area contributed by atoms with Gasteiger partial charge in [-0.3, -0.25) is 0 Å². The molecule has 0 amide bonds. The van der Waals surface area contributed by atoms with Gasteiger partial charge in [-0.2, -0.15) is 0 Å². The molecule has 0 unspecified atom stereocenters. The van der Waals surface area contributed by atoms with Crippen LogP contribution >= 0.6 is 10.7 Å². The van der Waals surface area contributed by atoms with E-state index in [1.807, 2.05) is 22.8 Å². The van der Waals surface area contributed by atoms with Crippen molar-refractivity contribution in [3.63, 3.8) is 0 Å². The second-order valence-corrected chi connectivity index (χ2v) is 6.86. The molecule has 0 aliphatic carbocycles. The standard InChI is InChI=1S/C13H15ClN2O2S/c1-11-15-13(19(14,17)18)10-16(11)9-5-8-12-6-3-2-4-7-12/h2-4,6-7,10H,5,8-9H2,1H3. The Balaban J connectivity index is 1.99. The predicted octanol–water partition coefficient (Wildman–Crippen LogP) is 2.75. The molecule has 0 aliphatic heterocycles. The summed E-state index contributed by atoms with van der Waals surface area (Å²) >= 11 is 0. The molecule has 2 aromatic rings. The average Bonchev–Trinajstić information content (AvgIpc) is 2.72. The van der Waals surface area contributed by atoms with Crippen LogP contribution in [0.1, 0.15) is 17.8 Å². The van der Waals surface area contributed by atoms with Gasteiger partial charge in [-0.05, 0) is 25.3 Å². The molecule has 0 radical (unpaired) electrons. The molecule has 0 saturated carbocycles. The molecule has 19 heavy (non-hydrogen) atoms. The fourth-order valence-corrected chi connectivity index (χ4v) is 2.64. The van der Waals surface area contributed by atoms with E-state index in [-0.39, 0.29) is 5.03 Å². The summed E-state index contributed by atoms with van der Waals surface area (Å²) < 4.78 is 24.2. The van der Waals surface area contributed by atoms with E-state index in [0.29, 0.717) is 5.82 Å². The van der Waals surface area contributed by atoms with Crippen molar-refractivity contribution >= 4 is 19.7 Å². The lowest BCUT2D eigenvalue weighted by molar-refractivity contribution is 0.605. The van der Waals surface area contributed by atoms with Gasteiger partial charge >= 0.3 is 0 Å². The minimum Gasteiger partial charge on any atom is -0.334 e. The fourth-order valence-electron chi connectivity index (χ4n) is 1.92. The molecule has 2 rings (SSSR count). The third kappa shape index (κ3) is 3.81. The lowest BCUT2D eigenvalue weighted by Crippen LogP contribution is -2.00. The predicted molar refractivity (Wildman–Crippen MR) is 74.8 cm³/mol. The Kier molecular flexibility index (Phi) is 4.27. The molecule has 1 aromatic heterocycles. The second kappa shape index (κ2) is 5.75. The highest BCUT2D eigenvalue weighted by atomic mass is 35.7. The Bertz CT molecular complexity index is 651. The molecule has 0 aliphatic rings. The van der Waals surface area contributed by atoms with Crippen LogP contribution in [-0.2, 0) is 22.0 Å². The Morgan fingerprint density at radius 2 is 1.95 bits per heavy atom. The average molecular weight is 299 g/mol. The zero-order valence-electron chi connectivity index (χ0n) is 10.6. The summed E-state index contributed by atoms with van der Waals surface area (Å²) in [6.07, 6.45) is 3.35. The summed E-state index contributed by atoms with van der Waals surface area (Å²) in [5.74, 6) is 0.660. The highest BCUT2D eigenvalue weighted by Gasteiger charge is 2.15. The first kappa shape index (κ1) is 14.1. The van der Waals surface area contributed by atoms with E-state index in [2.05, 4.69) is 17.1 Å². The fraction of sp³-hybridized carbons (Fsp3) is 0.308. The molecular weight excluding hydrogens is 284 g/mol. The van der Waals surface area contributed by atoms with Crippen molar-refractivity contribution in [2.45, 2.75) is 31.3 Å². The first-order chi connectivity index (χ1) is 8.97. The number of rotatable bonds is 5. The van der Waals surface area contributed by atoms with Crippen molar-refractivity contribution in [2.24, 2.45) is 0 Å². The topological polar surface area (TPSA) is 52.0 Å². The van der Waals surface area contributed by atoms with Crippen LogP contribution in [0, 0.1) is 6.92 Å². The van der Waals surface area contributed by atoms with Crippen molar-refractivity contribution < 1.29 is 8.42 Å². The molecular formula is C13H15ClN2O2S. The van der Waals surface area contributed by atoms with Crippen molar-refractivity contribution in [1.29, 1.82) is 0 Å². The number of hydrogen-bond acceptors (Lipinski definition) is 3. The molecule has 0 bridgehead atoms. The highest BCUT2D eigenvalue weighted by Crippen LogP contribution is 2.14. The van der Waals surface area contributed by atoms with Gasteiger partial charge in [0.1, 0.15) is 5.82 Å². The van der Waals surface area contributed by atoms with Crippen LogP contribution in [-0.4, -0.2) is 18.0 Å². The van der Waals surface area contributed by atoms with Gasteiger partial charge in [0, 0.05) is 23.4 Å². The van der Waals surface area contributed by atoms with Gasteiger partial charge < -0.3 is 4.57 Å². The van der Waals surface area contributed by atoms with E-state index < -0.39 is 9.05 Å². The largest absolute Gasteiger partial charge is 0.334 e. The minimum absolute atomic E-state index is 0.0774. The molecule has 1 heterocycles. The number of hydrogen-bond donors (Lipinski definition) is 0. The molecule has 6 heteroatoms. The molecule has 0 N–H and O–H groups in total. The number of aryl methyl sites for hydroxylation is 3. The van der Waals surface area contributed by atoms with E-state index in [1.165, 1.54) is 11.8 Å². The van der Waals surface area contributed by atoms with Crippen molar-refractivity contribution in [1.82, 2.24) is 9.55 Å². The van der Waals surface area contributed by atoms with Gasteiger partial charge in [-0.15, -0.1) is 0 Å². The summed E-state index contributed by atoms with van der Waals surface area (Å²) in [6, 6.07) is 10.2. The first-order valence-corrected chi connectivity index (χ1v) is 8.30. The number of benzene rings is 1. The second-order valence-electron chi connectivity index (χ2n) is 4.35. The number of imidazole rings is 1. The third-order valence-corrected chi connectivity index (χ3v) is 4.08. The van der Waals surface area contributed by atoms with Crippen molar-refractivity contribution in [3.05, 3.63) is 47.9 Å². The van der Waals surface area contributed by atoms with Crippen LogP contribution < -0.4 is 0 Å². The minimum atomic E-state index is -3.74. The molecule has 0 saturated heterocycles. The summed E-state index contributed by atoms with van der Waals surface area (Å²) in [5.41, 5.74) is 1.27. The van der Waals surface area contributed by atoms with Crippen LogP contribution in [0.25, 0.3) is 0 Å². The van der Waals surface area contributed by atoms with E-state index >= 15 is 0 Å². The maximum Gasteiger partial charge on any atom is 0.280 e. The highest BCUT2D eigenvalue weighted by molar-refractivity contribution is 8.13. The number of aromatic nitrogens is 2. The Labute approximate surface area is 117 Å². The molecule has 1 aromatic carbocycles. The molecule has 4 nitrogen and oxygen atoms in total. The van der Waals surface area contributed by atoms with Gasteiger partial charge in [0.05, 0.1) is 0 Å². The van der Waals surface area contributed by atoms with Gasteiger partial charge in [0.15, 0.2) is 5.03 Å². The van der Waals surface area contributed by atoms with Crippen LogP contribution in [0.15, 0.2) is 41.6 Å². The number of halogens is 1. The van der Waals surface area contributed by atoms with Crippen LogP contribution in [0.4, 0.5) is 0 Å². The lowest BCUT2D eigenvalue weighted by Gasteiger charge is -2.04. The maximum atomic E-state index is 11.2. The molecule has 0 fully saturated rings. The summed E-state index contributed by atoms with van der Waals surface area (Å²) in [7, 11) is 1.53. The first-order valence-electron chi connectivity index (χ1n) is 5.99. The van der Waals surface area contributed by atoms with Gasteiger partial charge in [0.25, 0.3) is 9.05 Å². The normalized spacial score (nSPS) is 11.7. The van der Waals surface area contributed by atoms with Crippen LogP contribution in [0.2, 0.25) is 0 Å². The van der Waals surface area contributed by atoms with E-state index in [0.717, 1.165) is 19.4 Å². The Morgan fingerprint density at radius 3 is 2.53 bits per heavy atom. The quantitative estimate of drug-likeness (QED) is 0.798. The van der Waals surface area contributed by atoms with E-state index in [9.17, 15) is 8.42 Å². The van der Waals surface area contributed by atoms with Crippen LogP contribution in [0.3, 0.4) is 0 Å². The molecule has 0 spiro atoms. The van der Waals surface area contributed by atoms with E-state index in [1.54, 1.807) is 6.92 Å². The summed E-state index contributed by atoms with van der Waals surface area (Å²) in [4.78, 5) is 3.95. The zero-order chi connectivity index (χ0) is 13.9. The smallest absolute Gasteiger partial charge is 0.280 e. The Morgan fingerprint density at radius 1 is 1.26 bits per heavy atom. The molecule has 102 valence electrons. The summed E-state index contributed by atoms with van der Waals surface area (Å²) in [6.45, 7) is 2.49. The van der Waals surface area contributed by atoms with E-state index in [4.69, 9.17) is 10.7 Å². The SMILES string of the molecule is Cc1nc(S(=O)(=O)Cl)cn1CCCc1ccccc1. The van der Waals surface area contributed by atoms with Crippen LogP contribution in [0.5, 0.6) is 0 Å².